The van der Waals surface area contributed by atoms with E-state index in [9.17, 15) is 4.79 Å². The van der Waals surface area contributed by atoms with E-state index in [1.807, 2.05) is 30.3 Å². The zero-order valence-corrected chi connectivity index (χ0v) is 10.3. The second kappa shape index (κ2) is 3.85. The molecule has 1 N–H and O–H groups in total. The average Bonchev–Trinajstić information content (AvgIpc) is 2.74. The molecule has 1 aromatic carbocycles. The van der Waals surface area contributed by atoms with Gasteiger partial charge in [-0.1, -0.05) is 28.1 Å². The molecule has 0 fully saturated rings. The van der Waals surface area contributed by atoms with Gasteiger partial charge in [0.2, 0.25) is 0 Å². The maximum absolute atomic E-state index is 11.6. The van der Waals surface area contributed by atoms with Crippen molar-refractivity contribution in [3.63, 3.8) is 0 Å². The number of hydrogen-bond acceptors (Lipinski definition) is 2. The van der Waals surface area contributed by atoms with Crippen LogP contribution in [0.3, 0.4) is 0 Å². The molecule has 3 rings (SSSR count). The molecule has 0 saturated heterocycles. The molecular formula is C12H8BrN3O. The second-order valence-electron chi connectivity index (χ2n) is 3.66. The van der Waals surface area contributed by atoms with Crippen LogP contribution < -0.4 is 5.56 Å². The van der Waals surface area contributed by atoms with Crippen LogP contribution in [0.5, 0.6) is 0 Å². The third-order valence-corrected chi connectivity index (χ3v) is 3.01. The highest BCUT2D eigenvalue weighted by Crippen LogP contribution is 2.21. The monoisotopic (exact) mass is 289 g/mol. The molecule has 0 amide bonds. The summed E-state index contributed by atoms with van der Waals surface area (Å²) < 4.78 is 2.42. The summed E-state index contributed by atoms with van der Waals surface area (Å²) in [7, 11) is 0. The lowest BCUT2D eigenvalue weighted by Gasteiger charge is -1.97. The van der Waals surface area contributed by atoms with Crippen LogP contribution in [0.2, 0.25) is 0 Å². The van der Waals surface area contributed by atoms with Gasteiger partial charge in [-0.15, -0.1) is 0 Å². The van der Waals surface area contributed by atoms with Crippen molar-refractivity contribution in [2.24, 2.45) is 0 Å². The lowest BCUT2D eigenvalue weighted by Crippen LogP contribution is -2.12. The van der Waals surface area contributed by atoms with E-state index in [0.717, 1.165) is 15.7 Å². The van der Waals surface area contributed by atoms with Gasteiger partial charge in [0, 0.05) is 28.4 Å². The van der Waals surface area contributed by atoms with Crippen LogP contribution >= 0.6 is 15.9 Å². The van der Waals surface area contributed by atoms with Crippen molar-refractivity contribution in [2.75, 3.05) is 0 Å². The number of nitrogens with one attached hydrogen (secondary N) is 1. The van der Waals surface area contributed by atoms with E-state index in [1.165, 1.54) is 16.8 Å². The molecule has 0 saturated carbocycles. The first kappa shape index (κ1) is 10.3. The predicted molar refractivity (Wildman–Crippen MR) is 68.9 cm³/mol. The Kier molecular flexibility index (Phi) is 2.33. The Bertz CT molecular complexity index is 745. The molecule has 0 aliphatic carbocycles. The molecule has 0 radical (unpaired) electrons. The van der Waals surface area contributed by atoms with Crippen molar-refractivity contribution >= 4 is 21.6 Å². The predicted octanol–water partition coefficient (Wildman–Crippen LogP) is 2.45. The lowest BCUT2D eigenvalue weighted by molar-refractivity contribution is 0.903. The minimum atomic E-state index is -0.115. The summed E-state index contributed by atoms with van der Waals surface area (Å²) in [5.41, 5.74) is 2.37. The molecule has 0 aliphatic rings. The van der Waals surface area contributed by atoms with Gasteiger partial charge < -0.3 is 0 Å². The first-order chi connectivity index (χ1) is 8.24. The summed E-state index contributed by atoms with van der Waals surface area (Å²) in [5, 5.41) is 3.03. The number of H-pyrrole nitrogens is 1. The molecule has 0 atom stereocenters. The van der Waals surface area contributed by atoms with Crippen molar-refractivity contribution in [3.05, 3.63) is 57.4 Å². The van der Waals surface area contributed by atoms with Crippen molar-refractivity contribution in [1.82, 2.24) is 14.6 Å². The zero-order valence-electron chi connectivity index (χ0n) is 8.72. The molecule has 5 heteroatoms. The Morgan fingerprint density at radius 2 is 2.12 bits per heavy atom. The molecule has 0 aliphatic heterocycles. The van der Waals surface area contributed by atoms with E-state index in [-0.39, 0.29) is 5.56 Å². The van der Waals surface area contributed by atoms with Crippen LogP contribution in [0.4, 0.5) is 0 Å². The molecule has 84 valence electrons. The molecular weight excluding hydrogens is 282 g/mol. The van der Waals surface area contributed by atoms with Crippen molar-refractivity contribution < 1.29 is 0 Å². The Labute approximate surface area is 105 Å². The van der Waals surface area contributed by atoms with Gasteiger partial charge in [-0.25, -0.2) is 9.50 Å². The van der Waals surface area contributed by atoms with Crippen LogP contribution in [-0.4, -0.2) is 14.6 Å². The van der Waals surface area contributed by atoms with Gasteiger partial charge in [0.15, 0.2) is 5.65 Å². The van der Waals surface area contributed by atoms with E-state index in [2.05, 4.69) is 26.0 Å². The third kappa shape index (κ3) is 1.78. The minimum Gasteiger partial charge on any atom is -0.289 e. The number of halogens is 1. The van der Waals surface area contributed by atoms with Gasteiger partial charge in [0.1, 0.15) is 0 Å². The van der Waals surface area contributed by atoms with Crippen LogP contribution in [0, 0.1) is 0 Å². The van der Waals surface area contributed by atoms with Crippen molar-refractivity contribution in [2.45, 2.75) is 0 Å². The van der Waals surface area contributed by atoms with Gasteiger partial charge in [0.25, 0.3) is 5.56 Å². The second-order valence-corrected chi connectivity index (χ2v) is 4.57. The zero-order chi connectivity index (χ0) is 11.8. The summed E-state index contributed by atoms with van der Waals surface area (Å²) >= 11 is 3.42. The van der Waals surface area contributed by atoms with Crippen LogP contribution in [0.15, 0.2) is 51.9 Å². The van der Waals surface area contributed by atoms with E-state index in [1.54, 1.807) is 0 Å². The number of fused-ring (bicyclic) bond motifs is 1. The average molecular weight is 290 g/mol. The third-order valence-electron chi connectivity index (χ3n) is 2.51. The van der Waals surface area contributed by atoms with E-state index >= 15 is 0 Å². The molecule has 0 spiro atoms. The van der Waals surface area contributed by atoms with Gasteiger partial charge in [-0.05, 0) is 12.1 Å². The Balaban J connectivity index is 2.25. The van der Waals surface area contributed by atoms with E-state index in [4.69, 9.17) is 0 Å². The molecule has 3 aromatic rings. The molecule has 0 bridgehead atoms. The molecule has 17 heavy (non-hydrogen) atoms. The summed E-state index contributed by atoms with van der Waals surface area (Å²) in [6.45, 7) is 0. The smallest absolute Gasteiger partial charge is 0.272 e. The molecule has 0 unspecified atom stereocenters. The maximum atomic E-state index is 11.6. The largest absolute Gasteiger partial charge is 0.289 e. The molecule has 2 heterocycles. The van der Waals surface area contributed by atoms with Gasteiger partial charge >= 0.3 is 0 Å². The quantitative estimate of drug-likeness (QED) is 0.748. The van der Waals surface area contributed by atoms with Gasteiger partial charge in [0.05, 0.1) is 5.69 Å². The molecule has 4 nitrogen and oxygen atoms in total. The highest BCUT2D eigenvalue weighted by atomic mass is 79.9. The maximum Gasteiger partial charge on any atom is 0.272 e. The number of aromatic amines is 1. The number of rotatable bonds is 1. The minimum absolute atomic E-state index is 0.115. The Hall–Kier alpha value is -1.88. The summed E-state index contributed by atoms with van der Waals surface area (Å²) in [6.07, 6.45) is 1.51. The van der Waals surface area contributed by atoms with Crippen LogP contribution in [-0.2, 0) is 0 Å². The fourth-order valence-electron chi connectivity index (χ4n) is 1.72. The summed E-state index contributed by atoms with van der Waals surface area (Å²) in [4.78, 5) is 15.7. The lowest BCUT2D eigenvalue weighted by atomic mass is 10.2. The standard InChI is InChI=1S/C12H8BrN3O/c13-9-3-1-2-8(6-9)10-7-11-14-5-4-12(17)16(11)15-10/h1-7,15H. The fraction of sp³-hybridized carbons (Fsp3) is 0. The highest BCUT2D eigenvalue weighted by molar-refractivity contribution is 9.10. The number of nitrogens with zero attached hydrogens (tertiary/aromatic N) is 2. The van der Waals surface area contributed by atoms with Gasteiger partial charge in [-0.3, -0.25) is 9.89 Å². The van der Waals surface area contributed by atoms with Crippen LogP contribution in [0.1, 0.15) is 0 Å². The topological polar surface area (TPSA) is 50.2 Å². The highest BCUT2D eigenvalue weighted by Gasteiger charge is 2.05. The number of aromatic nitrogens is 3. The fourth-order valence-corrected chi connectivity index (χ4v) is 2.12. The SMILES string of the molecule is O=c1ccnc2cc(-c3cccc(Br)c3)[nH]n12. The number of hydrogen-bond donors (Lipinski definition) is 1. The molecule has 2 aromatic heterocycles. The number of benzene rings is 1. The Morgan fingerprint density at radius 3 is 2.88 bits per heavy atom. The van der Waals surface area contributed by atoms with Crippen molar-refractivity contribution in [1.29, 1.82) is 0 Å². The van der Waals surface area contributed by atoms with Gasteiger partial charge in [-0.2, -0.15) is 0 Å². The summed E-state index contributed by atoms with van der Waals surface area (Å²) in [5.74, 6) is 0. The Morgan fingerprint density at radius 1 is 1.24 bits per heavy atom. The van der Waals surface area contributed by atoms with E-state index in [0.29, 0.717) is 5.65 Å². The first-order valence-corrected chi connectivity index (χ1v) is 5.86. The summed E-state index contributed by atoms with van der Waals surface area (Å²) in [6, 6.07) is 11.1. The normalized spacial score (nSPS) is 10.9. The van der Waals surface area contributed by atoms with E-state index < -0.39 is 0 Å². The van der Waals surface area contributed by atoms with Crippen molar-refractivity contribution in [3.8, 4) is 11.3 Å². The first-order valence-electron chi connectivity index (χ1n) is 5.07. The van der Waals surface area contributed by atoms with Crippen LogP contribution in [0.25, 0.3) is 16.9 Å².